The van der Waals surface area contributed by atoms with Crippen LogP contribution in [0.15, 0.2) is 0 Å². The van der Waals surface area contributed by atoms with E-state index in [9.17, 15) is 4.79 Å². The summed E-state index contributed by atoms with van der Waals surface area (Å²) in [6.07, 6.45) is 0.927. The number of nitrogens with zero attached hydrogens (tertiary/aromatic N) is 1. The monoisotopic (exact) mass is 245 g/mol. The Labute approximate surface area is 108 Å². The number of ether oxygens (including phenoxy) is 1. The largest absolute Gasteiger partial charge is 0.444 e. The summed E-state index contributed by atoms with van der Waals surface area (Å²) in [5.74, 6) is 0.618. The van der Waals surface area contributed by atoms with Crippen molar-refractivity contribution in [2.75, 3.05) is 13.1 Å². The molecule has 0 saturated carbocycles. The zero-order valence-electron chi connectivity index (χ0n) is 13.0. The maximum atomic E-state index is 11.5. The molecular weight excluding hydrogens is 214 g/mol. The molecule has 1 heterocycles. The van der Waals surface area contributed by atoms with E-state index in [4.69, 9.17) is 4.74 Å². The van der Waals surface area contributed by atoms with E-state index in [2.05, 4.69) is 6.92 Å². The van der Waals surface area contributed by atoms with Gasteiger partial charge in [0.2, 0.25) is 0 Å². The Kier molecular flexibility index (Phi) is 10.2. The van der Waals surface area contributed by atoms with Crippen molar-refractivity contribution in [1.82, 2.24) is 4.90 Å². The van der Waals surface area contributed by atoms with Crippen molar-refractivity contribution in [1.29, 1.82) is 0 Å². The molecule has 1 saturated heterocycles. The lowest BCUT2D eigenvalue weighted by Crippen LogP contribution is -2.35. The quantitative estimate of drug-likeness (QED) is 0.636. The molecule has 3 nitrogen and oxygen atoms in total. The minimum absolute atomic E-state index is 0.170. The fraction of sp³-hybridized carbons (Fsp3) is 0.929. The van der Waals surface area contributed by atoms with Crippen molar-refractivity contribution < 1.29 is 9.53 Å². The third-order valence-corrected chi connectivity index (χ3v) is 2.08. The van der Waals surface area contributed by atoms with Crippen molar-refractivity contribution in [3.8, 4) is 0 Å². The topological polar surface area (TPSA) is 29.5 Å². The molecule has 0 N–H and O–H groups in total. The SMILES string of the molecule is CC.CC.CC1CCN(C(=O)OC(C)(C)C)C1. The lowest BCUT2D eigenvalue weighted by molar-refractivity contribution is 0.0289. The van der Waals surface area contributed by atoms with Gasteiger partial charge in [-0.1, -0.05) is 34.6 Å². The second-order valence-corrected chi connectivity index (χ2v) is 4.82. The van der Waals surface area contributed by atoms with Crippen LogP contribution in [0.5, 0.6) is 0 Å². The Morgan fingerprint density at radius 3 is 1.94 bits per heavy atom. The highest BCUT2D eigenvalue weighted by molar-refractivity contribution is 5.68. The average Bonchev–Trinajstić information content (AvgIpc) is 2.69. The Morgan fingerprint density at radius 1 is 1.18 bits per heavy atom. The van der Waals surface area contributed by atoms with Gasteiger partial charge in [0.25, 0.3) is 0 Å². The van der Waals surface area contributed by atoms with Crippen LogP contribution in [0, 0.1) is 5.92 Å². The van der Waals surface area contributed by atoms with E-state index >= 15 is 0 Å². The first kappa shape index (κ1) is 18.6. The average molecular weight is 245 g/mol. The first-order valence-corrected chi connectivity index (χ1v) is 6.86. The molecule has 0 aromatic carbocycles. The summed E-state index contributed by atoms with van der Waals surface area (Å²) in [7, 11) is 0. The maximum absolute atomic E-state index is 11.5. The van der Waals surface area contributed by atoms with Gasteiger partial charge in [-0.3, -0.25) is 0 Å². The standard InChI is InChI=1S/C10H19NO2.2C2H6/c1-8-5-6-11(7-8)9(12)13-10(2,3)4;2*1-2/h8H,5-7H2,1-4H3;2*1-2H3. The number of likely N-dealkylation sites (tertiary alicyclic amines) is 1. The summed E-state index contributed by atoms with van der Waals surface area (Å²) in [4.78, 5) is 13.3. The fourth-order valence-electron chi connectivity index (χ4n) is 1.43. The highest BCUT2D eigenvalue weighted by atomic mass is 16.6. The molecule has 0 aliphatic carbocycles. The molecule has 0 radical (unpaired) electrons. The number of hydrogen-bond acceptors (Lipinski definition) is 2. The van der Waals surface area contributed by atoms with Gasteiger partial charge in [0.1, 0.15) is 5.60 Å². The second-order valence-electron chi connectivity index (χ2n) is 4.82. The zero-order valence-corrected chi connectivity index (χ0v) is 13.0. The van der Waals surface area contributed by atoms with Crippen LogP contribution in [0.1, 0.15) is 61.8 Å². The summed E-state index contributed by atoms with van der Waals surface area (Å²) in [5.41, 5.74) is -0.372. The van der Waals surface area contributed by atoms with Crippen LogP contribution in [-0.2, 0) is 4.74 Å². The van der Waals surface area contributed by atoms with Crippen molar-refractivity contribution in [2.24, 2.45) is 5.92 Å². The molecule has 1 atom stereocenters. The molecule has 0 spiro atoms. The van der Waals surface area contributed by atoms with Crippen LogP contribution < -0.4 is 0 Å². The Hall–Kier alpha value is -0.730. The van der Waals surface area contributed by atoms with Gasteiger partial charge in [0.05, 0.1) is 0 Å². The van der Waals surface area contributed by atoms with E-state index in [1.54, 1.807) is 4.90 Å². The van der Waals surface area contributed by atoms with E-state index in [-0.39, 0.29) is 11.7 Å². The highest BCUT2D eigenvalue weighted by Gasteiger charge is 2.27. The molecule has 1 aliphatic heterocycles. The summed E-state index contributed by atoms with van der Waals surface area (Å²) in [6.45, 7) is 17.5. The number of carbonyl (C=O) groups is 1. The zero-order chi connectivity index (χ0) is 14.1. The minimum Gasteiger partial charge on any atom is -0.444 e. The van der Waals surface area contributed by atoms with Gasteiger partial charge in [-0.25, -0.2) is 4.79 Å². The molecule has 1 fully saturated rings. The van der Waals surface area contributed by atoms with Crippen LogP contribution in [-0.4, -0.2) is 29.7 Å². The van der Waals surface area contributed by atoms with Gasteiger partial charge in [-0.2, -0.15) is 0 Å². The van der Waals surface area contributed by atoms with E-state index in [0.717, 1.165) is 19.5 Å². The van der Waals surface area contributed by atoms with Gasteiger partial charge in [-0.05, 0) is 33.1 Å². The smallest absolute Gasteiger partial charge is 0.410 e. The second kappa shape index (κ2) is 9.32. The van der Waals surface area contributed by atoms with Gasteiger partial charge in [0, 0.05) is 13.1 Å². The predicted octanol–water partition coefficient (Wildman–Crippen LogP) is 4.32. The van der Waals surface area contributed by atoms with Crippen molar-refractivity contribution in [3.05, 3.63) is 0 Å². The van der Waals surface area contributed by atoms with Gasteiger partial charge >= 0.3 is 6.09 Å². The predicted molar refractivity (Wildman–Crippen MR) is 74.3 cm³/mol. The first-order valence-electron chi connectivity index (χ1n) is 6.86. The van der Waals surface area contributed by atoms with Crippen LogP contribution in [0.25, 0.3) is 0 Å². The molecule has 1 rings (SSSR count). The number of carbonyl (C=O) groups excluding carboxylic acids is 1. The molecule has 1 amide bonds. The fourth-order valence-corrected chi connectivity index (χ4v) is 1.43. The molecular formula is C14H31NO2. The van der Waals surface area contributed by atoms with E-state index in [1.165, 1.54) is 0 Å². The summed E-state index contributed by atoms with van der Waals surface area (Å²) < 4.78 is 5.26. The molecule has 1 unspecified atom stereocenters. The van der Waals surface area contributed by atoms with Crippen LogP contribution >= 0.6 is 0 Å². The van der Waals surface area contributed by atoms with Gasteiger partial charge in [0.15, 0.2) is 0 Å². The molecule has 17 heavy (non-hydrogen) atoms. The summed E-state index contributed by atoms with van der Waals surface area (Å²) >= 11 is 0. The normalized spacial score (nSPS) is 18.6. The van der Waals surface area contributed by atoms with Crippen molar-refractivity contribution in [3.63, 3.8) is 0 Å². The molecule has 3 heteroatoms. The first-order chi connectivity index (χ1) is 7.88. The van der Waals surface area contributed by atoms with Crippen LogP contribution in [0.2, 0.25) is 0 Å². The van der Waals surface area contributed by atoms with Crippen LogP contribution in [0.4, 0.5) is 4.79 Å². The van der Waals surface area contributed by atoms with Crippen molar-refractivity contribution in [2.45, 2.75) is 67.4 Å². The van der Waals surface area contributed by atoms with Crippen molar-refractivity contribution >= 4 is 6.09 Å². The third kappa shape index (κ3) is 9.02. The molecule has 104 valence electrons. The maximum Gasteiger partial charge on any atom is 0.410 e. The van der Waals surface area contributed by atoms with Gasteiger partial charge < -0.3 is 9.64 Å². The Balaban J connectivity index is 0. The summed E-state index contributed by atoms with van der Waals surface area (Å²) in [5, 5.41) is 0. The Morgan fingerprint density at radius 2 is 1.65 bits per heavy atom. The minimum atomic E-state index is -0.372. The molecule has 0 aromatic heterocycles. The van der Waals surface area contributed by atoms with Gasteiger partial charge in [-0.15, -0.1) is 0 Å². The Bertz CT molecular complexity index is 197. The van der Waals surface area contributed by atoms with Crippen LogP contribution in [0.3, 0.4) is 0 Å². The third-order valence-electron chi connectivity index (χ3n) is 2.08. The number of amides is 1. The van der Waals surface area contributed by atoms with E-state index in [0.29, 0.717) is 5.92 Å². The molecule has 0 bridgehead atoms. The molecule has 0 aromatic rings. The molecule has 1 aliphatic rings. The highest BCUT2D eigenvalue weighted by Crippen LogP contribution is 2.18. The lowest BCUT2D eigenvalue weighted by atomic mass is 10.2. The lowest BCUT2D eigenvalue weighted by Gasteiger charge is -2.24. The number of rotatable bonds is 0. The number of hydrogen-bond donors (Lipinski definition) is 0. The van der Waals surface area contributed by atoms with E-state index in [1.807, 2.05) is 48.5 Å². The summed E-state index contributed by atoms with van der Waals surface area (Å²) in [6, 6.07) is 0. The van der Waals surface area contributed by atoms with E-state index < -0.39 is 0 Å².